The van der Waals surface area contributed by atoms with Gasteiger partial charge in [-0.3, -0.25) is 9.59 Å². The van der Waals surface area contributed by atoms with Gasteiger partial charge in [0.25, 0.3) is 0 Å². The molecule has 0 heterocycles. The maximum absolute atomic E-state index is 13.4. The van der Waals surface area contributed by atoms with E-state index < -0.39 is 36.4 Å². The molecule has 2 aromatic carbocycles. The minimum Gasteiger partial charge on any atom is -0.435 e. The van der Waals surface area contributed by atoms with Gasteiger partial charge in [-0.25, -0.2) is 0 Å². The molecule has 0 N–H and O–H groups in total. The second-order valence-corrected chi connectivity index (χ2v) is 9.02. The summed E-state index contributed by atoms with van der Waals surface area (Å²) in [5.41, 5.74) is 2.03. The van der Waals surface area contributed by atoms with E-state index in [2.05, 4.69) is 0 Å². The molecular weight excluding hydrogens is 444 g/mol. The van der Waals surface area contributed by atoms with Crippen LogP contribution < -0.4 is 0 Å². The van der Waals surface area contributed by atoms with Crippen LogP contribution in [0.3, 0.4) is 0 Å². The number of rotatable bonds is 12. The lowest BCUT2D eigenvalue weighted by atomic mass is 9.83. The Morgan fingerprint density at radius 1 is 0.714 bits per heavy atom. The van der Waals surface area contributed by atoms with Crippen LogP contribution in [-0.4, -0.2) is 37.7 Å². The highest BCUT2D eigenvalue weighted by molar-refractivity contribution is 5.84. The first-order chi connectivity index (χ1) is 17.1. The number of benzene rings is 2. The van der Waals surface area contributed by atoms with E-state index in [4.69, 9.17) is 18.9 Å². The third-order valence-electron chi connectivity index (χ3n) is 6.69. The van der Waals surface area contributed by atoms with Crippen LogP contribution in [0.2, 0.25) is 0 Å². The molecule has 6 atom stereocenters. The lowest BCUT2D eigenvalue weighted by Crippen LogP contribution is -2.39. The van der Waals surface area contributed by atoms with E-state index in [0.29, 0.717) is 26.1 Å². The van der Waals surface area contributed by atoms with E-state index >= 15 is 0 Å². The van der Waals surface area contributed by atoms with Crippen molar-refractivity contribution in [3.8, 4) is 0 Å². The average molecular weight is 479 g/mol. The highest BCUT2D eigenvalue weighted by atomic mass is 16.7. The summed E-state index contributed by atoms with van der Waals surface area (Å²) in [6.07, 6.45) is 4.29. The molecule has 0 aromatic heterocycles. The number of ether oxygens (including phenoxy) is 4. The maximum atomic E-state index is 13.4. The Labute approximate surface area is 207 Å². The summed E-state index contributed by atoms with van der Waals surface area (Å²) in [7, 11) is 0. The van der Waals surface area contributed by atoms with Gasteiger partial charge in [-0.05, 0) is 43.2 Å². The number of fused-ring (bicyclic) bond motifs is 2. The molecule has 186 valence electrons. The van der Waals surface area contributed by atoms with E-state index in [1.165, 1.54) is 0 Å². The number of hydrogen-bond donors (Lipinski definition) is 0. The molecule has 6 heteroatoms. The molecule has 4 rings (SSSR count). The Hall–Kier alpha value is -2.96. The first kappa shape index (κ1) is 25.1. The van der Waals surface area contributed by atoms with Crippen molar-refractivity contribution in [1.82, 2.24) is 0 Å². The minimum absolute atomic E-state index is 0.0382. The standard InChI is InChI=1S/C29H34O6/c1-3-32-24(17-20-11-7-5-8-12-20)34-28(30)26-22-15-16-23(19-22)27(26)29(31)35-25(33-4-2)18-21-13-9-6-10-14-21/h5-16,22-27H,3-4,17-19H2,1-2H3. The number of carbonyl (C=O) groups is 2. The molecule has 2 aromatic rings. The van der Waals surface area contributed by atoms with E-state index in [-0.39, 0.29) is 11.8 Å². The smallest absolute Gasteiger partial charge is 0.312 e. The van der Waals surface area contributed by atoms with Crippen molar-refractivity contribution in [2.45, 2.75) is 45.7 Å². The zero-order valence-corrected chi connectivity index (χ0v) is 20.4. The van der Waals surface area contributed by atoms with Gasteiger partial charge in [0.05, 0.1) is 11.8 Å². The monoisotopic (exact) mass is 478 g/mol. The van der Waals surface area contributed by atoms with E-state index in [1.54, 1.807) is 0 Å². The average Bonchev–Trinajstić information content (AvgIpc) is 3.48. The Morgan fingerprint density at radius 3 is 1.49 bits per heavy atom. The van der Waals surface area contributed by atoms with Gasteiger partial charge in [0, 0.05) is 26.1 Å². The fourth-order valence-corrected chi connectivity index (χ4v) is 5.14. The van der Waals surface area contributed by atoms with Gasteiger partial charge >= 0.3 is 11.9 Å². The molecule has 0 radical (unpaired) electrons. The molecule has 0 amide bonds. The van der Waals surface area contributed by atoms with Crippen molar-refractivity contribution in [3.63, 3.8) is 0 Å². The highest BCUT2D eigenvalue weighted by Gasteiger charge is 2.53. The van der Waals surface area contributed by atoms with Crippen LogP contribution in [0, 0.1) is 23.7 Å². The van der Waals surface area contributed by atoms with E-state index in [1.807, 2.05) is 86.7 Å². The first-order valence-corrected chi connectivity index (χ1v) is 12.5. The fraction of sp³-hybridized carbons (Fsp3) is 0.448. The molecule has 1 fully saturated rings. The SMILES string of the molecule is CCOC(Cc1ccccc1)OC(=O)C1C2C=CC(C2)C1C(=O)OC(Cc1ccccc1)OCC. The van der Waals surface area contributed by atoms with Crippen molar-refractivity contribution in [2.75, 3.05) is 13.2 Å². The second-order valence-electron chi connectivity index (χ2n) is 9.02. The third kappa shape index (κ3) is 6.38. The highest BCUT2D eigenvalue weighted by Crippen LogP contribution is 2.49. The number of carbonyl (C=O) groups excluding carboxylic acids is 2. The van der Waals surface area contributed by atoms with Crippen LogP contribution in [0.15, 0.2) is 72.8 Å². The van der Waals surface area contributed by atoms with Gasteiger partial charge in [-0.2, -0.15) is 0 Å². The van der Waals surface area contributed by atoms with Crippen LogP contribution in [0.4, 0.5) is 0 Å². The molecule has 0 spiro atoms. The molecule has 2 aliphatic carbocycles. The largest absolute Gasteiger partial charge is 0.435 e. The Balaban J connectivity index is 1.44. The van der Waals surface area contributed by atoms with Gasteiger partial charge in [0.1, 0.15) is 0 Å². The minimum atomic E-state index is -0.705. The van der Waals surface area contributed by atoms with Crippen molar-refractivity contribution >= 4 is 11.9 Å². The van der Waals surface area contributed by atoms with Crippen LogP contribution >= 0.6 is 0 Å². The van der Waals surface area contributed by atoms with Crippen LogP contribution in [0.1, 0.15) is 31.4 Å². The van der Waals surface area contributed by atoms with Crippen molar-refractivity contribution in [3.05, 3.63) is 83.9 Å². The topological polar surface area (TPSA) is 71.1 Å². The van der Waals surface area contributed by atoms with Crippen molar-refractivity contribution in [1.29, 1.82) is 0 Å². The van der Waals surface area contributed by atoms with Gasteiger partial charge in [0.2, 0.25) is 12.6 Å². The van der Waals surface area contributed by atoms with Crippen LogP contribution in [0.5, 0.6) is 0 Å². The van der Waals surface area contributed by atoms with Crippen LogP contribution in [-0.2, 0) is 41.4 Å². The summed E-state index contributed by atoms with van der Waals surface area (Å²) in [5, 5.41) is 0. The molecule has 2 aliphatic rings. The Kier molecular flexibility index (Phi) is 8.72. The van der Waals surface area contributed by atoms with Crippen molar-refractivity contribution in [2.24, 2.45) is 23.7 Å². The first-order valence-electron chi connectivity index (χ1n) is 12.5. The Morgan fingerprint density at radius 2 is 1.11 bits per heavy atom. The predicted octanol–water partition coefficient (Wildman–Crippen LogP) is 4.72. The Bertz CT molecular complexity index is 909. The zero-order chi connectivity index (χ0) is 24.6. The summed E-state index contributed by atoms with van der Waals surface area (Å²) in [5.74, 6) is -2.07. The van der Waals surface area contributed by atoms with Gasteiger partial charge in [-0.15, -0.1) is 0 Å². The van der Waals surface area contributed by atoms with Gasteiger partial charge < -0.3 is 18.9 Å². The summed E-state index contributed by atoms with van der Waals surface area (Å²) >= 11 is 0. The predicted molar refractivity (Wildman–Crippen MR) is 131 cm³/mol. The molecule has 1 saturated carbocycles. The number of esters is 2. The van der Waals surface area contributed by atoms with Crippen LogP contribution in [0.25, 0.3) is 0 Å². The molecular formula is C29H34O6. The van der Waals surface area contributed by atoms with E-state index in [9.17, 15) is 9.59 Å². The maximum Gasteiger partial charge on any atom is 0.312 e. The van der Waals surface area contributed by atoms with Gasteiger partial charge in [0.15, 0.2) is 0 Å². The molecule has 0 aliphatic heterocycles. The van der Waals surface area contributed by atoms with Gasteiger partial charge in [-0.1, -0.05) is 72.8 Å². The fourth-order valence-electron chi connectivity index (χ4n) is 5.14. The number of allylic oxidation sites excluding steroid dienone is 2. The molecule has 0 saturated heterocycles. The quantitative estimate of drug-likeness (QED) is 0.250. The lowest BCUT2D eigenvalue weighted by molar-refractivity contribution is -0.195. The summed E-state index contributed by atoms with van der Waals surface area (Å²) in [4.78, 5) is 26.7. The summed E-state index contributed by atoms with van der Waals surface area (Å²) < 4.78 is 23.1. The summed E-state index contributed by atoms with van der Waals surface area (Å²) in [6, 6.07) is 19.5. The zero-order valence-electron chi connectivity index (χ0n) is 20.4. The second kappa shape index (κ2) is 12.1. The molecule has 6 unspecified atom stereocenters. The number of hydrogen-bond acceptors (Lipinski definition) is 6. The molecule has 2 bridgehead atoms. The van der Waals surface area contributed by atoms with E-state index in [0.717, 1.165) is 17.5 Å². The molecule has 35 heavy (non-hydrogen) atoms. The van der Waals surface area contributed by atoms with Crippen molar-refractivity contribution < 1.29 is 28.5 Å². The molecule has 6 nitrogen and oxygen atoms in total. The summed E-state index contributed by atoms with van der Waals surface area (Å²) in [6.45, 7) is 4.57. The normalized spacial score (nSPS) is 24.2. The third-order valence-corrected chi connectivity index (χ3v) is 6.69. The lowest BCUT2D eigenvalue weighted by Gasteiger charge is -2.28.